The normalized spacial score (nSPS) is 38.0. The summed E-state index contributed by atoms with van der Waals surface area (Å²) in [6.45, 7) is 17.5. The first-order chi connectivity index (χ1) is 10.2. The Morgan fingerprint density at radius 1 is 1.22 bits per heavy atom. The molecule has 2 rings (SSSR count). The second-order valence-electron chi connectivity index (χ2n) is 9.22. The number of ether oxygens (including phenoxy) is 2. The lowest BCUT2D eigenvalue weighted by molar-refractivity contribution is -0.345. The lowest BCUT2D eigenvalue weighted by atomic mass is 9.73. The quantitative estimate of drug-likeness (QED) is 0.609. The molecule has 0 aromatic heterocycles. The van der Waals surface area contributed by atoms with Gasteiger partial charge in [0.2, 0.25) is 0 Å². The van der Waals surface area contributed by atoms with Crippen molar-refractivity contribution in [2.45, 2.75) is 95.6 Å². The van der Waals surface area contributed by atoms with Crippen molar-refractivity contribution in [3.8, 4) is 0 Å². The van der Waals surface area contributed by atoms with Gasteiger partial charge >= 0.3 is 0 Å². The maximum Gasteiger partial charge on any atom is 0.192 e. The zero-order valence-corrected chi connectivity index (χ0v) is 17.0. The fourth-order valence-corrected chi connectivity index (χ4v) is 4.47. The summed E-state index contributed by atoms with van der Waals surface area (Å²) in [5.74, 6) is -0.686. The molecule has 5 heteroatoms. The van der Waals surface area contributed by atoms with Crippen LogP contribution in [-0.2, 0) is 13.9 Å². The van der Waals surface area contributed by atoms with Crippen LogP contribution in [0.3, 0.4) is 0 Å². The average molecular weight is 343 g/mol. The molecule has 3 atom stereocenters. The maximum atomic E-state index is 10.9. The van der Waals surface area contributed by atoms with Crippen LogP contribution in [0.2, 0.25) is 18.1 Å². The first kappa shape index (κ1) is 19.1. The molecule has 2 aliphatic rings. The van der Waals surface area contributed by atoms with E-state index in [1.54, 1.807) is 0 Å². The lowest BCUT2D eigenvalue weighted by Gasteiger charge is -2.54. The fraction of sp³-hybridized carbons (Fsp3) is 0.889. The van der Waals surface area contributed by atoms with E-state index in [1.165, 1.54) is 0 Å². The van der Waals surface area contributed by atoms with Gasteiger partial charge in [-0.05, 0) is 38.9 Å². The van der Waals surface area contributed by atoms with Gasteiger partial charge in [0, 0.05) is 12.8 Å². The third kappa shape index (κ3) is 3.74. The third-order valence-electron chi connectivity index (χ3n) is 5.74. The fourth-order valence-electron chi connectivity index (χ4n) is 3.20. The molecule has 4 nitrogen and oxygen atoms in total. The van der Waals surface area contributed by atoms with E-state index in [4.69, 9.17) is 13.9 Å². The van der Waals surface area contributed by atoms with Gasteiger partial charge < -0.3 is 19.0 Å². The van der Waals surface area contributed by atoms with Crippen LogP contribution in [-0.4, -0.2) is 43.1 Å². The van der Waals surface area contributed by atoms with Crippen LogP contribution in [0.5, 0.6) is 0 Å². The Balaban J connectivity index is 2.25. The Morgan fingerprint density at radius 2 is 1.83 bits per heavy atom. The zero-order chi connectivity index (χ0) is 17.7. The van der Waals surface area contributed by atoms with Gasteiger partial charge in [-0.25, -0.2) is 0 Å². The molecule has 1 saturated heterocycles. The maximum absolute atomic E-state index is 10.9. The molecule has 0 radical (unpaired) electrons. The summed E-state index contributed by atoms with van der Waals surface area (Å²) in [5.41, 5.74) is -1.67. The van der Waals surface area contributed by atoms with Crippen LogP contribution >= 0.6 is 0 Å². The molecular weight excluding hydrogens is 308 g/mol. The van der Waals surface area contributed by atoms with Crippen molar-refractivity contribution in [1.29, 1.82) is 0 Å². The molecule has 1 N–H and O–H groups in total. The average Bonchev–Trinajstić information content (AvgIpc) is 2.31. The molecule has 0 saturated carbocycles. The predicted molar refractivity (Wildman–Crippen MR) is 94.9 cm³/mol. The molecule has 1 heterocycles. The monoisotopic (exact) mass is 342 g/mol. The van der Waals surface area contributed by atoms with Crippen molar-refractivity contribution in [2.75, 3.05) is 6.61 Å². The number of rotatable bonds is 2. The highest BCUT2D eigenvalue weighted by Gasteiger charge is 2.55. The van der Waals surface area contributed by atoms with Crippen LogP contribution in [0.4, 0.5) is 0 Å². The van der Waals surface area contributed by atoms with E-state index in [0.29, 0.717) is 19.4 Å². The van der Waals surface area contributed by atoms with Gasteiger partial charge in [-0.1, -0.05) is 32.9 Å². The summed E-state index contributed by atoms with van der Waals surface area (Å²) in [5, 5.41) is 11.1. The van der Waals surface area contributed by atoms with Crippen molar-refractivity contribution in [3.05, 3.63) is 12.2 Å². The zero-order valence-electron chi connectivity index (χ0n) is 16.0. The van der Waals surface area contributed by atoms with Crippen molar-refractivity contribution in [1.82, 2.24) is 0 Å². The van der Waals surface area contributed by atoms with E-state index in [-0.39, 0.29) is 11.1 Å². The Kier molecular flexibility index (Phi) is 4.71. The van der Waals surface area contributed by atoms with Crippen LogP contribution in [0.15, 0.2) is 12.2 Å². The molecule has 0 bridgehead atoms. The molecule has 0 aromatic carbocycles. The highest BCUT2D eigenvalue weighted by Crippen LogP contribution is 2.47. The molecule has 1 fully saturated rings. The summed E-state index contributed by atoms with van der Waals surface area (Å²) in [4.78, 5) is 0. The van der Waals surface area contributed by atoms with E-state index in [2.05, 4.69) is 33.9 Å². The highest BCUT2D eigenvalue weighted by atomic mass is 28.4. The second-order valence-corrected chi connectivity index (χ2v) is 14.0. The number of aliphatic hydroxyl groups is 1. The minimum Gasteiger partial charge on any atom is -0.410 e. The van der Waals surface area contributed by atoms with Crippen LogP contribution < -0.4 is 0 Å². The molecule has 1 spiro atoms. The van der Waals surface area contributed by atoms with Gasteiger partial charge in [-0.2, -0.15) is 0 Å². The van der Waals surface area contributed by atoms with E-state index in [1.807, 2.05) is 32.9 Å². The molecule has 1 aliphatic carbocycles. The van der Waals surface area contributed by atoms with Crippen molar-refractivity contribution in [2.24, 2.45) is 0 Å². The van der Waals surface area contributed by atoms with Gasteiger partial charge in [0.25, 0.3) is 0 Å². The summed E-state index contributed by atoms with van der Waals surface area (Å²) in [6.07, 6.45) is 5.18. The largest absolute Gasteiger partial charge is 0.410 e. The van der Waals surface area contributed by atoms with Gasteiger partial charge in [-0.15, -0.1) is 0 Å². The minimum absolute atomic E-state index is 0.0231. The van der Waals surface area contributed by atoms with Gasteiger partial charge in [0.15, 0.2) is 14.1 Å². The van der Waals surface area contributed by atoms with E-state index >= 15 is 0 Å². The standard InChI is InChI=1S/C18H34O4Si/c1-15(2,3)23(7,8)21-14-9-10-17(6,19)18(13-14)11-12-20-16(4,5)22-18/h9-10,14,19H,11-13H2,1-8H3/t14-,17-,18+/m0/s1. The topological polar surface area (TPSA) is 47.9 Å². The summed E-state index contributed by atoms with van der Waals surface area (Å²) < 4.78 is 18.5. The van der Waals surface area contributed by atoms with E-state index in [9.17, 15) is 5.11 Å². The SMILES string of the molecule is CC1(C)OCC[C@]2(C[C@@H](O[Si](C)(C)C(C)(C)C)C=C[C@]2(C)O)O1. The Bertz CT molecular complexity index is 476. The predicted octanol–water partition coefficient (Wildman–Crippen LogP) is 4.00. The first-order valence-corrected chi connectivity index (χ1v) is 11.5. The van der Waals surface area contributed by atoms with Crippen molar-refractivity contribution in [3.63, 3.8) is 0 Å². The summed E-state index contributed by atoms with van der Waals surface area (Å²) in [6, 6.07) is 0. The summed E-state index contributed by atoms with van der Waals surface area (Å²) in [7, 11) is -1.87. The molecule has 1 aliphatic heterocycles. The van der Waals surface area contributed by atoms with Gasteiger partial charge in [0.1, 0.15) is 11.2 Å². The lowest BCUT2D eigenvalue weighted by Crippen LogP contribution is -2.63. The summed E-state index contributed by atoms with van der Waals surface area (Å²) >= 11 is 0. The smallest absolute Gasteiger partial charge is 0.192 e. The van der Waals surface area contributed by atoms with Crippen LogP contribution in [0, 0.1) is 0 Å². The third-order valence-corrected chi connectivity index (χ3v) is 10.2. The van der Waals surface area contributed by atoms with Gasteiger partial charge in [0.05, 0.1) is 12.7 Å². The Hall–Kier alpha value is -0.203. The van der Waals surface area contributed by atoms with Crippen molar-refractivity contribution >= 4 is 8.32 Å². The van der Waals surface area contributed by atoms with Crippen LogP contribution in [0.1, 0.15) is 54.4 Å². The van der Waals surface area contributed by atoms with E-state index < -0.39 is 25.3 Å². The number of hydrogen-bond donors (Lipinski definition) is 1. The van der Waals surface area contributed by atoms with Crippen molar-refractivity contribution < 1.29 is 19.0 Å². The van der Waals surface area contributed by atoms with E-state index in [0.717, 1.165) is 0 Å². The molecule has 0 amide bonds. The molecule has 0 aromatic rings. The number of hydrogen-bond acceptors (Lipinski definition) is 4. The molecule has 23 heavy (non-hydrogen) atoms. The van der Waals surface area contributed by atoms with Crippen LogP contribution in [0.25, 0.3) is 0 Å². The second kappa shape index (κ2) is 5.66. The van der Waals surface area contributed by atoms with Gasteiger partial charge in [-0.3, -0.25) is 0 Å². The Labute approximate surface area is 142 Å². The first-order valence-electron chi connectivity index (χ1n) is 8.64. The highest BCUT2D eigenvalue weighted by molar-refractivity contribution is 6.74. The molecule has 134 valence electrons. The minimum atomic E-state index is -1.87. The molecular formula is C18H34O4Si. The molecule has 0 unspecified atom stereocenters. The Morgan fingerprint density at radius 3 is 2.35 bits per heavy atom.